The first-order valence-corrected chi connectivity index (χ1v) is 9.27. The monoisotopic (exact) mass is 441 g/mol. The lowest BCUT2D eigenvalue weighted by atomic mass is 10.1. The molecule has 0 aliphatic carbocycles. The maximum atomic E-state index is 12.4. The number of rotatable bonds is 5. The smallest absolute Gasteiger partial charge is 0.270 e. The van der Waals surface area contributed by atoms with Crippen molar-refractivity contribution in [1.29, 1.82) is 5.26 Å². The molecule has 0 saturated carbocycles. The number of nitriles is 1. The van der Waals surface area contributed by atoms with Crippen LogP contribution >= 0.6 is 23.2 Å². The Balaban J connectivity index is 1.83. The fourth-order valence-electron chi connectivity index (χ4n) is 2.55. The van der Waals surface area contributed by atoms with Crippen LogP contribution in [0, 0.1) is 28.4 Å². The summed E-state index contributed by atoms with van der Waals surface area (Å²) in [4.78, 5) is 22.7. The molecule has 0 atom stereocenters. The normalized spacial score (nSPS) is 11.1. The topological polar surface area (TPSA) is 109 Å². The molecule has 0 radical (unpaired) electrons. The molecule has 0 spiro atoms. The van der Waals surface area contributed by atoms with Crippen molar-refractivity contribution in [2.45, 2.75) is 6.92 Å². The number of nitro benzene ring substituents is 1. The Morgan fingerprint density at radius 2 is 1.93 bits per heavy atom. The van der Waals surface area contributed by atoms with E-state index in [9.17, 15) is 20.2 Å². The van der Waals surface area contributed by atoms with E-state index in [2.05, 4.69) is 5.32 Å². The van der Waals surface area contributed by atoms with Crippen LogP contribution < -0.4 is 5.32 Å². The van der Waals surface area contributed by atoms with E-state index >= 15 is 0 Å². The van der Waals surface area contributed by atoms with Crippen LogP contribution in [0.3, 0.4) is 0 Å². The summed E-state index contributed by atoms with van der Waals surface area (Å²) in [6.45, 7) is 1.83. The summed E-state index contributed by atoms with van der Waals surface area (Å²) >= 11 is 12.2. The number of nitro groups is 1. The second kappa shape index (κ2) is 8.82. The predicted molar refractivity (Wildman–Crippen MR) is 114 cm³/mol. The zero-order valence-electron chi connectivity index (χ0n) is 15.5. The largest absolute Gasteiger partial charge is 0.457 e. The number of hydrogen-bond donors (Lipinski definition) is 1. The summed E-state index contributed by atoms with van der Waals surface area (Å²) in [5, 5.41) is 23.4. The first-order chi connectivity index (χ1) is 14.3. The lowest BCUT2D eigenvalue weighted by Crippen LogP contribution is -2.13. The average molecular weight is 442 g/mol. The number of halogens is 2. The SMILES string of the molecule is Cc1ccc(NC(=O)/C(C#N)=C\c2ccc(-c3ccc([N+](=O)[O-])cc3Cl)o2)cc1Cl. The number of hydrogen-bond acceptors (Lipinski definition) is 5. The summed E-state index contributed by atoms with van der Waals surface area (Å²) in [5.41, 5.74) is 1.44. The summed E-state index contributed by atoms with van der Waals surface area (Å²) in [5.74, 6) is -0.0408. The van der Waals surface area contributed by atoms with Gasteiger partial charge in [0.05, 0.1) is 9.95 Å². The third-order valence-electron chi connectivity index (χ3n) is 4.14. The van der Waals surface area contributed by atoms with Crippen molar-refractivity contribution in [3.63, 3.8) is 0 Å². The highest BCUT2D eigenvalue weighted by atomic mass is 35.5. The van der Waals surface area contributed by atoms with Gasteiger partial charge in [-0.3, -0.25) is 14.9 Å². The number of furan rings is 1. The number of non-ortho nitro benzene ring substituents is 1. The van der Waals surface area contributed by atoms with Gasteiger partial charge >= 0.3 is 0 Å². The third kappa shape index (κ3) is 4.69. The van der Waals surface area contributed by atoms with Gasteiger partial charge in [0.25, 0.3) is 11.6 Å². The highest BCUT2D eigenvalue weighted by molar-refractivity contribution is 6.33. The molecule has 150 valence electrons. The van der Waals surface area contributed by atoms with Crippen LogP contribution in [-0.4, -0.2) is 10.8 Å². The second-order valence-electron chi connectivity index (χ2n) is 6.21. The molecule has 1 aromatic heterocycles. The number of nitrogens with one attached hydrogen (secondary N) is 1. The van der Waals surface area contributed by atoms with Gasteiger partial charge in [-0.2, -0.15) is 5.26 Å². The van der Waals surface area contributed by atoms with Crippen molar-refractivity contribution in [2.75, 3.05) is 5.32 Å². The fraction of sp³-hybridized carbons (Fsp3) is 0.0476. The van der Waals surface area contributed by atoms with Crippen LogP contribution in [0.2, 0.25) is 10.0 Å². The zero-order chi connectivity index (χ0) is 21.8. The summed E-state index contributed by atoms with van der Waals surface area (Å²) < 4.78 is 5.64. The molecule has 1 heterocycles. The average Bonchev–Trinajstić information content (AvgIpc) is 3.17. The van der Waals surface area contributed by atoms with Crippen LogP contribution in [0.5, 0.6) is 0 Å². The van der Waals surface area contributed by atoms with E-state index in [1.54, 1.807) is 30.3 Å². The number of amides is 1. The number of anilines is 1. The molecular weight excluding hydrogens is 429 g/mol. The van der Waals surface area contributed by atoms with Crippen molar-refractivity contribution in [1.82, 2.24) is 0 Å². The molecule has 9 heteroatoms. The van der Waals surface area contributed by atoms with Crippen molar-refractivity contribution in [2.24, 2.45) is 0 Å². The minimum atomic E-state index is -0.622. The first-order valence-electron chi connectivity index (χ1n) is 8.52. The molecule has 2 aromatic carbocycles. The fourth-order valence-corrected chi connectivity index (χ4v) is 3.00. The van der Waals surface area contributed by atoms with E-state index in [0.29, 0.717) is 22.0 Å². The number of benzene rings is 2. The molecule has 0 aliphatic rings. The van der Waals surface area contributed by atoms with Crippen LogP contribution in [-0.2, 0) is 4.79 Å². The maximum Gasteiger partial charge on any atom is 0.270 e. The molecule has 0 aliphatic heterocycles. The minimum Gasteiger partial charge on any atom is -0.457 e. The summed E-state index contributed by atoms with van der Waals surface area (Å²) in [6.07, 6.45) is 1.29. The predicted octanol–water partition coefficient (Wildman–Crippen LogP) is 6.02. The second-order valence-corrected chi connectivity index (χ2v) is 7.03. The highest BCUT2D eigenvalue weighted by Gasteiger charge is 2.15. The number of nitrogens with zero attached hydrogens (tertiary/aromatic N) is 2. The molecule has 0 bridgehead atoms. The molecule has 1 N–H and O–H groups in total. The van der Waals surface area contributed by atoms with Crippen LogP contribution in [0.15, 0.2) is 58.5 Å². The quantitative estimate of drug-likeness (QED) is 0.225. The maximum absolute atomic E-state index is 12.4. The Morgan fingerprint density at radius 1 is 1.17 bits per heavy atom. The Kier molecular flexibility index (Phi) is 6.21. The van der Waals surface area contributed by atoms with Gasteiger partial charge in [0.1, 0.15) is 23.2 Å². The van der Waals surface area contributed by atoms with Gasteiger partial charge in [0.2, 0.25) is 0 Å². The molecule has 0 unspecified atom stereocenters. The van der Waals surface area contributed by atoms with E-state index in [1.807, 2.05) is 13.0 Å². The third-order valence-corrected chi connectivity index (χ3v) is 4.86. The lowest BCUT2D eigenvalue weighted by molar-refractivity contribution is -0.384. The van der Waals surface area contributed by atoms with Gasteiger partial charge in [0.15, 0.2) is 0 Å². The Morgan fingerprint density at radius 3 is 2.57 bits per heavy atom. The van der Waals surface area contributed by atoms with Crippen molar-refractivity contribution in [3.05, 3.63) is 85.6 Å². The molecule has 30 heavy (non-hydrogen) atoms. The Hall–Kier alpha value is -3.60. The standard InChI is InChI=1S/C21H13Cl2N3O4/c1-12-2-3-14(9-18(12)22)25-21(27)13(11-24)8-16-5-7-20(30-16)17-6-4-15(26(28)29)10-19(17)23/h2-10H,1H3,(H,25,27)/b13-8-. The van der Waals surface area contributed by atoms with Gasteiger partial charge < -0.3 is 9.73 Å². The van der Waals surface area contributed by atoms with E-state index in [4.69, 9.17) is 27.6 Å². The molecule has 7 nitrogen and oxygen atoms in total. The van der Waals surface area contributed by atoms with Gasteiger partial charge in [-0.15, -0.1) is 0 Å². The number of carbonyl (C=O) groups excluding carboxylic acids is 1. The molecule has 0 fully saturated rings. The lowest BCUT2D eigenvalue weighted by Gasteiger charge is -2.06. The molecule has 3 rings (SSSR count). The Labute approximate surface area is 181 Å². The molecule has 1 amide bonds. The van der Waals surface area contributed by atoms with Crippen molar-refractivity contribution in [3.8, 4) is 17.4 Å². The zero-order valence-corrected chi connectivity index (χ0v) is 17.0. The summed E-state index contributed by atoms with van der Waals surface area (Å²) in [7, 11) is 0. The molecular formula is C21H13Cl2N3O4. The summed E-state index contributed by atoms with van der Waals surface area (Å²) in [6, 6.07) is 14.0. The van der Waals surface area contributed by atoms with Gasteiger partial charge in [-0.1, -0.05) is 29.3 Å². The van der Waals surface area contributed by atoms with Crippen molar-refractivity contribution < 1.29 is 14.1 Å². The number of carbonyl (C=O) groups is 1. The highest BCUT2D eigenvalue weighted by Crippen LogP contribution is 2.32. The van der Waals surface area contributed by atoms with E-state index in [1.165, 1.54) is 24.3 Å². The van der Waals surface area contributed by atoms with Gasteiger partial charge in [-0.05, 0) is 42.8 Å². The van der Waals surface area contributed by atoms with E-state index < -0.39 is 10.8 Å². The van der Waals surface area contributed by atoms with E-state index in [-0.39, 0.29) is 22.0 Å². The Bertz CT molecular complexity index is 1230. The van der Waals surface area contributed by atoms with Crippen LogP contribution in [0.4, 0.5) is 11.4 Å². The van der Waals surface area contributed by atoms with Crippen molar-refractivity contribution >= 4 is 46.6 Å². The molecule has 0 saturated heterocycles. The number of aryl methyl sites for hydroxylation is 1. The minimum absolute atomic E-state index is 0.142. The first kappa shape index (κ1) is 21.1. The van der Waals surface area contributed by atoms with Crippen LogP contribution in [0.25, 0.3) is 17.4 Å². The van der Waals surface area contributed by atoms with Gasteiger partial charge in [-0.25, -0.2) is 0 Å². The van der Waals surface area contributed by atoms with Gasteiger partial charge in [0, 0.05) is 34.5 Å². The van der Waals surface area contributed by atoms with E-state index in [0.717, 1.165) is 5.56 Å². The van der Waals surface area contributed by atoms with Crippen LogP contribution in [0.1, 0.15) is 11.3 Å². The molecule has 3 aromatic rings.